The second-order valence-corrected chi connectivity index (χ2v) is 7.62. The summed E-state index contributed by atoms with van der Waals surface area (Å²) in [5.74, 6) is 2.74. The van der Waals surface area contributed by atoms with Crippen LogP contribution in [0.3, 0.4) is 0 Å². The molecule has 1 fully saturated rings. The monoisotopic (exact) mass is 427 g/mol. The zero-order chi connectivity index (χ0) is 21.0. The minimum Gasteiger partial charge on any atom is -0.493 e. The maximum atomic E-state index is 12.8. The normalized spacial score (nSPS) is 15.0. The number of thioether (sulfide) groups is 1. The molecule has 29 heavy (non-hydrogen) atoms. The summed E-state index contributed by atoms with van der Waals surface area (Å²) in [7, 11) is 1.48. The number of nitrogens with zero attached hydrogens (tertiary/aromatic N) is 1. The van der Waals surface area contributed by atoms with Crippen LogP contribution < -0.4 is 9.47 Å². The smallest absolute Gasteiger partial charge is 0.293 e. The van der Waals surface area contributed by atoms with E-state index in [2.05, 4.69) is 5.92 Å². The van der Waals surface area contributed by atoms with Gasteiger partial charge in [-0.25, -0.2) is 0 Å². The number of rotatable bonds is 6. The molecule has 3 rings (SSSR count). The van der Waals surface area contributed by atoms with Crippen molar-refractivity contribution in [2.75, 3.05) is 13.7 Å². The first-order valence-electron chi connectivity index (χ1n) is 8.68. The molecule has 0 saturated carbocycles. The number of hydrogen-bond acceptors (Lipinski definition) is 5. The van der Waals surface area contributed by atoms with E-state index in [0.29, 0.717) is 27.0 Å². The molecule has 0 N–H and O–H groups in total. The van der Waals surface area contributed by atoms with E-state index in [-0.39, 0.29) is 24.3 Å². The Labute approximate surface area is 178 Å². The molecule has 0 spiro atoms. The van der Waals surface area contributed by atoms with Gasteiger partial charge in [0.1, 0.15) is 6.61 Å². The minimum atomic E-state index is -0.342. The highest BCUT2D eigenvalue weighted by Gasteiger charge is 2.35. The van der Waals surface area contributed by atoms with Gasteiger partial charge in [0.15, 0.2) is 11.5 Å². The molecule has 148 valence electrons. The van der Waals surface area contributed by atoms with E-state index >= 15 is 0 Å². The summed E-state index contributed by atoms with van der Waals surface area (Å²) in [4.78, 5) is 26.7. The van der Waals surface area contributed by atoms with E-state index in [9.17, 15) is 9.59 Å². The third-order valence-corrected chi connectivity index (χ3v) is 5.50. The summed E-state index contributed by atoms with van der Waals surface area (Å²) < 4.78 is 10.7. The highest BCUT2D eigenvalue weighted by molar-refractivity contribution is 8.18. The Bertz CT molecular complexity index is 1040. The van der Waals surface area contributed by atoms with E-state index in [0.717, 1.165) is 22.9 Å². The second kappa shape index (κ2) is 9.08. The Hall–Kier alpha value is -2.88. The van der Waals surface area contributed by atoms with Gasteiger partial charge in [0.05, 0.1) is 23.6 Å². The molecule has 0 aliphatic carbocycles. The molecule has 0 radical (unpaired) electrons. The lowest BCUT2D eigenvalue weighted by molar-refractivity contribution is -0.123. The summed E-state index contributed by atoms with van der Waals surface area (Å²) in [5.41, 5.74) is 2.56. The van der Waals surface area contributed by atoms with Gasteiger partial charge in [-0.2, -0.15) is 0 Å². The summed E-state index contributed by atoms with van der Waals surface area (Å²) >= 11 is 7.18. The summed E-state index contributed by atoms with van der Waals surface area (Å²) in [6, 6.07) is 11.0. The maximum Gasteiger partial charge on any atom is 0.293 e. The van der Waals surface area contributed by atoms with E-state index in [1.54, 1.807) is 18.2 Å². The van der Waals surface area contributed by atoms with Crippen molar-refractivity contribution in [3.05, 3.63) is 63.0 Å². The quantitative estimate of drug-likeness (QED) is 0.484. The zero-order valence-electron chi connectivity index (χ0n) is 15.9. The summed E-state index contributed by atoms with van der Waals surface area (Å²) in [6.45, 7) is 2.23. The number of benzene rings is 2. The minimum absolute atomic E-state index is 0.0488. The number of imide groups is 1. The van der Waals surface area contributed by atoms with Gasteiger partial charge >= 0.3 is 0 Å². The van der Waals surface area contributed by atoms with Crippen LogP contribution in [-0.2, 0) is 11.3 Å². The van der Waals surface area contributed by atoms with Crippen LogP contribution in [0.4, 0.5) is 4.79 Å². The molecule has 0 bridgehead atoms. The van der Waals surface area contributed by atoms with Crippen LogP contribution in [0.2, 0.25) is 5.02 Å². The first-order valence-corrected chi connectivity index (χ1v) is 9.87. The highest BCUT2D eigenvalue weighted by Crippen LogP contribution is 2.39. The van der Waals surface area contributed by atoms with Crippen LogP contribution in [0.25, 0.3) is 6.08 Å². The first kappa shape index (κ1) is 20.8. The number of carbonyl (C=O) groups excluding carboxylic acids is 2. The largest absolute Gasteiger partial charge is 0.493 e. The Morgan fingerprint density at radius 1 is 1.28 bits per heavy atom. The average molecular weight is 428 g/mol. The van der Waals surface area contributed by atoms with E-state index in [1.165, 1.54) is 12.0 Å². The van der Waals surface area contributed by atoms with Gasteiger partial charge in [-0.05, 0) is 53.6 Å². The number of terminal acetylenes is 1. The van der Waals surface area contributed by atoms with Gasteiger partial charge in [0, 0.05) is 0 Å². The Kier molecular flexibility index (Phi) is 6.53. The van der Waals surface area contributed by atoms with Crippen molar-refractivity contribution in [2.45, 2.75) is 13.5 Å². The van der Waals surface area contributed by atoms with Crippen LogP contribution in [0.5, 0.6) is 11.5 Å². The fourth-order valence-corrected chi connectivity index (χ4v) is 3.93. The second-order valence-electron chi connectivity index (χ2n) is 6.22. The van der Waals surface area contributed by atoms with E-state index < -0.39 is 0 Å². The molecule has 5 nitrogen and oxygen atoms in total. The van der Waals surface area contributed by atoms with Gasteiger partial charge < -0.3 is 9.47 Å². The fraction of sp³-hybridized carbons (Fsp3) is 0.182. The van der Waals surface area contributed by atoms with Crippen molar-refractivity contribution in [1.82, 2.24) is 4.90 Å². The van der Waals surface area contributed by atoms with Crippen LogP contribution >= 0.6 is 23.4 Å². The third-order valence-electron chi connectivity index (χ3n) is 4.31. The summed E-state index contributed by atoms with van der Waals surface area (Å²) in [5, 5.41) is -0.0125. The molecule has 0 aromatic heterocycles. The van der Waals surface area contributed by atoms with Crippen molar-refractivity contribution >= 4 is 40.6 Å². The molecule has 2 aromatic carbocycles. The number of carbonyl (C=O) groups is 2. The SMILES string of the molecule is C#CCOc1c(Cl)cc(/C=C2\SC(=O)N(Cc3ccccc3C)C2=O)cc1OC. The molecular weight excluding hydrogens is 410 g/mol. The van der Waals surface area contributed by atoms with Crippen LogP contribution in [-0.4, -0.2) is 29.8 Å². The van der Waals surface area contributed by atoms with Gasteiger partial charge in [0.25, 0.3) is 11.1 Å². The Morgan fingerprint density at radius 2 is 2.03 bits per heavy atom. The molecular formula is C22H18ClNO4S. The molecule has 0 atom stereocenters. The number of halogens is 1. The average Bonchev–Trinajstić information content (AvgIpc) is 2.95. The Balaban J connectivity index is 1.87. The predicted molar refractivity (Wildman–Crippen MR) is 115 cm³/mol. The van der Waals surface area contributed by atoms with Crippen molar-refractivity contribution in [1.29, 1.82) is 0 Å². The number of amides is 2. The molecule has 1 aliphatic heterocycles. The Morgan fingerprint density at radius 3 is 2.72 bits per heavy atom. The molecule has 0 unspecified atom stereocenters. The van der Waals surface area contributed by atoms with E-state index in [1.807, 2.05) is 31.2 Å². The van der Waals surface area contributed by atoms with Crippen LogP contribution in [0.15, 0.2) is 41.3 Å². The molecule has 2 amide bonds. The van der Waals surface area contributed by atoms with Crippen LogP contribution in [0, 0.1) is 19.3 Å². The molecule has 1 heterocycles. The van der Waals surface area contributed by atoms with Crippen molar-refractivity contribution in [3.63, 3.8) is 0 Å². The van der Waals surface area contributed by atoms with Crippen molar-refractivity contribution < 1.29 is 19.1 Å². The van der Waals surface area contributed by atoms with Crippen molar-refractivity contribution in [2.24, 2.45) is 0 Å². The zero-order valence-corrected chi connectivity index (χ0v) is 17.5. The van der Waals surface area contributed by atoms with Gasteiger partial charge in [-0.1, -0.05) is 41.8 Å². The van der Waals surface area contributed by atoms with E-state index in [4.69, 9.17) is 27.5 Å². The number of aryl methyl sites for hydroxylation is 1. The number of hydrogen-bond donors (Lipinski definition) is 0. The van der Waals surface area contributed by atoms with Gasteiger partial charge in [-0.3, -0.25) is 14.5 Å². The molecule has 2 aromatic rings. The fourth-order valence-electron chi connectivity index (χ4n) is 2.82. The highest BCUT2D eigenvalue weighted by atomic mass is 35.5. The van der Waals surface area contributed by atoms with Gasteiger partial charge in [0.2, 0.25) is 0 Å². The maximum absolute atomic E-state index is 12.8. The lowest BCUT2D eigenvalue weighted by atomic mass is 10.1. The van der Waals surface area contributed by atoms with Gasteiger partial charge in [-0.15, -0.1) is 6.42 Å². The number of ether oxygens (including phenoxy) is 2. The predicted octanol–water partition coefficient (Wildman–Crippen LogP) is 4.91. The standard InChI is InChI=1S/C22H18ClNO4S/c1-4-9-28-20-17(23)10-15(11-18(20)27-3)12-19-21(25)24(22(26)29-19)13-16-8-6-5-7-14(16)2/h1,5-8,10-12H,9,13H2,2-3H3/b19-12-. The lowest BCUT2D eigenvalue weighted by Crippen LogP contribution is -2.27. The number of methoxy groups -OCH3 is 1. The third kappa shape index (κ3) is 4.58. The van der Waals surface area contributed by atoms with Crippen molar-refractivity contribution in [3.8, 4) is 23.8 Å². The topological polar surface area (TPSA) is 55.8 Å². The van der Waals surface area contributed by atoms with Crippen LogP contribution in [0.1, 0.15) is 16.7 Å². The molecule has 1 aliphatic rings. The lowest BCUT2D eigenvalue weighted by Gasteiger charge is -2.14. The molecule has 7 heteroatoms. The first-order chi connectivity index (χ1) is 13.9. The molecule has 1 saturated heterocycles. The summed E-state index contributed by atoms with van der Waals surface area (Å²) in [6.07, 6.45) is 6.83.